The Morgan fingerprint density at radius 2 is 1.83 bits per heavy atom. The normalized spacial score (nSPS) is 11.1. The van der Waals surface area contributed by atoms with Crippen molar-refractivity contribution < 1.29 is 9.53 Å². The van der Waals surface area contributed by atoms with Crippen LogP contribution in [0.4, 0.5) is 5.69 Å². The van der Waals surface area contributed by atoms with E-state index in [4.69, 9.17) is 4.74 Å². The molecule has 0 spiro atoms. The monoisotopic (exact) mass is 415 g/mol. The summed E-state index contributed by atoms with van der Waals surface area (Å²) in [6.45, 7) is 1.80. The Morgan fingerprint density at radius 1 is 1.03 bits per heavy atom. The molecular formula is C22H17N5O2S. The molecule has 0 aliphatic heterocycles. The van der Waals surface area contributed by atoms with Crippen LogP contribution in [0.1, 0.15) is 5.82 Å². The third-order valence-corrected chi connectivity index (χ3v) is 5.62. The maximum absolute atomic E-state index is 12.3. The lowest BCUT2D eigenvalue weighted by Gasteiger charge is -2.10. The van der Waals surface area contributed by atoms with Gasteiger partial charge < -0.3 is 10.1 Å². The van der Waals surface area contributed by atoms with Gasteiger partial charge in [-0.3, -0.25) is 4.79 Å². The van der Waals surface area contributed by atoms with Crippen molar-refractivity contribution in [1.29, 1.82) is 0 Å². The molecule has 2 heterocycles. The summed E-state index contributed by atoms with van der Waals surface area (Å²) < 4.78 is 7.47. The fourth-order valence-electron chi connectivity index (χ4n) is 3.19. The highest BCUT2D eigenvalue weighted by atomic mass is 32.1. The zero-order valence-corrected chi connectivity index (χ0v) is 16.9. The van der Waals surface area contributed by atoms with Crippen LogP contribution in [0.15, 0.2) is 66.7 Å². The van der Waals surface area contributed by atoms with E-state index in [1.165, 1.54) is 11.3 Å². The summed E-state index contributed by atoms with van der Waals surface area (Å²) in [6.07, 6.45) is 0. The van der Waals surface area contributed by atoms with Gasteiger partial charge in [0.05, 0.1) is 0 Å². The molecule has 7 nitrogen and oxygen atoms in total. The number of aromatic nitrogens is 4. The first kappa shape index (κ1) is 18.3. The van der Waals surface area contributed by atoms with Crippen molar-refractivity contribution in [2.75, 3.05) is 11.9 Å². The van der Waals surface area contributed by atoms with Gasteiger partial charge in [0, 0.05) is 16.6 Å². The van der Waals surface area contributed by atoms with E-state index in [0.717, 1.165) is 32.1 Å². The van der Waals surface area contributed by atoms with Gasteiger partial charge in [0.1, 0.15) is 10.8 Å². The van der Waals surface area contributed by atoms with Crippen LogP contribution in [-0.4, -0.2) is 32.3 Å². The third kappa shape index (κ3) is 3.48. The molecule has 0 radical (unpaired) electrons. The number of fused-ring (bicyclic) bond motifs is 2. The lowest BCUT2D eigenvalue weighted by atomic mass is 10.1. The van der Waals surface area contributed by atoms with Crippen LogP contribution in [0.5, 0.6) is 5.75 Å². The number of nitrogens with one attached hydrogen (secondary N) is 1. The van der Waals surface area contributed by atoms with Gasteiger partial charge in [-0.25, -0.2) is 0 Å². The van der Waals surface area contributed by atoms with Gasteiger partial charge in [-0.2, -0.15) is 9.61 Å². The molecular weight excluding hydrogens is 398 g/mol. The van der Waals surface area contributed by atoms with Gasteiger partial charge in [0.2, 0.25) is 4.96 Å². The number of aryl methyl sites for hydroxylation is 1. The number of amides is 1. The maximum atomic E-state index is 12.3. The SMILES string of the molecule is Cc1nnc2sc(-c3ccc(NC(=O)COc4cccc5ccccc45)cc3)nn12. The van der Waals surface area contributed by atoms with E-state index in [1.54, 1.807) is 4.52 Å². The average Bonchev–Trinajstić information content (AvgIpc) is 3.35. The molecule has 1 amide bonds. The second kappa shape index (κ2) is 7.57. The molecule has 0 saturated carbocycles. The van der Waals surface area contributed by atoms with Crippen molar-refractivity contribution in [2.24, 2.45) is 0 Å². The van der Waals surface area contributed by atoms with Gasteiger partial charge in [0.15, 0.2) is 12.4 Å². The van der Waals surface area contributed by atoms with E-state index in [1.807, 2.05) is 73.7 Å². The van der Waals surface area contributed by atoms with Crippen LogP contribution in [-0.2, 0) is 4.79 Å². The summed E-state index contributed by atoms with van der Waals surface area (Å²) in [5.41, 5.74) is 1.65. The number of carbonyl (C=O) groups excluding carboxylic acids is 1. The molecule has 3 aromatic carbocycles. The molecule has 2 aromatic heterocycles. The van der Waals surface area contributed by atoms with Crippen LogP contribution in [0.3, 0.4) is 0 Å². The van der Waals surface area contributed by atoms with Crippen LogP contribution >= 0.6 is 11.3 Å². The quantitative estimate of drug-likeness (QED) is 0.462. The van der Waals surface area contributed by atoms with Crippen LogP contribution < -0.4 is 10.1 Å². The van der Waals surface area contributed by atoms with Crippen LogP contribution in [0.2, 0.25) is 0 Å². The van der Waals surface area contributed by atoms with Crippen molar-refractivity contribution in [1.82, 2.24) is 19.8 Å². The maximum Gasteiger partial charge on any atom is 0.262 e. The molecule has 0 saturated heterocycles. The molecule has 30 heavy (non-hydrogen) atoms. The first-order valence-corrected chi connectivity index (χ1v) is 10.2. The number of benzene rings is 3. The standard InChI is InChI=1S/C22H17N5O2S/c1-14-24-25-22-27(14)26-21(30-22)16-9-11-17(12-10-16)23-20(28)13-29-19-8-4-6-15-5-2-3-7-18(15)19/h2-12H,13H2,1H3,(H,23,28). The van der Waals surface area contributed by atoms with E-state index in [9.17, 15) is 4.79 Å². The molecule has 0 bridgehead atoms. The summed E-state index contributed by atoms with van der Waals surface area (Å²) in [5.74, 6) is 1.23. The molecule has 1 N–H and O–H groups in total. The summed E-state index contributed by atoms with van der Waals surface area (Å²) in [6, 6.07) is 21.3. The molecule has 0 aliphatic carbocycles. The number of ether oxygens (including phenoxy) is 1. The minimum Gasteiger partial charge on any atom is -0.483 e. The topological polar surface area (TPSA) is 81.4 Å². The average molecular weight is 415 g/mol. The number of nitrogens with zero attached hydrogens (tertiary/aromatic N) is 4. The van der Waals surface area contributed by atoms with E-state index in [2.05, 4.69) is 20.6 Å². The lowest BCUT2D eigenvalue weighted by Crippen LogP contribution is -2.20. The molecule has 5 rings (SSSR count). The number of carbonyl (C=O) groups is 1. The predicted octanol–water partition coefficient (Wildman–Crippen LogP) is 4.33. The molecule has 0 aliphatic rings. The Labute approximate surface area is 176 Å². The summed E-state index contributed by atoms with van der Waals surface area (Å²) in [4.78, 5) is 13.1. The molecule has 5 aromatic rings. The largest absolute Gasteiger partial charge is 0.483 e. The Kier molecular flexibility index (Phi) is 4.61. The summed E-state index contributed by atoms with van der Waals surface area (Å²) in [7, 11) is 0. The molecule has 148 valence electrons. The second-order valence-corrected chi connectivity index (χ2v) is 7.70. The number of anilines is 1. The Morgan fingerprint density at radius 3 is 2.67 bits per heavy atom. The van der Waals surface area contributed by atoms with Crippen LogP contribution in [0, 0.1) is 6.92 Å². The zero-order valence-electron chi connectivity index (χ0n) is 16.1. The van der Waals surface area contributed by atoms with Crippen molar-refractivity contribution in [3.8, 4) is 16.3 Å². The van der Waals surface area contributed by atoms with Gasteiger partial charge >= 0.3 is 0 Å². The van der Waals surface area contributed by atoms with E-state index in [-0.39, 0.29) is 12.5 Å². The fraction of sp³-hybridized carbons (Fsp3) is 0.0909. The lowest BCUT2D eigenvalue weighted by molar-refractivity contribution is -0.118. The predicted molar refractivity (Wildman–Crippen MR) is 117 cm³/mol. The molecule has 0 fully saturated rings. The highest BCUT2D eigenvalue weighted by molar-refractivity contribution is 7.19. The Hall–Kier alpha value is -3.78. The van der Waals surface area contributed by atoms with Gasteiger partial charge in [-0.05, 0) is 42.6 Å². The van der Waals surface area contributed by atoms with Crippen molar-refractivity contribution in [3.63, 3.8) is 0 Å². The van der Waals surface area contributed by atoms with Crippen molar-refractivity contribution in [3.05, 3.63) is 72.6 Å². The molecule has 0 atom stereocenters. The molecule has 8 heteroatoms. The minimum atomic E-state index is -0.217. The van der Waals surface area contributed by atoms with Gasteiger partial charge in [0.25, 0.3) is 5.91 Å². The van der Waals surface area contributed by atoms with Gasteiger partial charge in [-0.15, -0.1) is 10.2 Å². The number of hydrogen-bond acceptors (Lipinski definition) is 6. The number of rotatable bonds is 5. The smallest absolute Gasteiger partial charge is 0.262 e. The molecule has 0 unspecified atom stereocenters. The van der Waals surface area contributed by atoms with Crippen molar-refractivity contribution >= 4 is 38.7 Å². The zero-order chi connectivity index (χ0) is 20.5. The minimum absolute atomic E-state index is 0.0638. The second-order valence-electron chi connectivity index (χ2n) is 6.74. The number of hydrogen-bond donors (Lipinski definition) is 1. The van der Waals surface area contributed by atoms with Gasteiger partial charge in [-0.1, -0.05) is 47.7 Å². The fourth-order valence-corrected chi connectivity index (χ4v) is 4.08. The Balaban J connectivity index is 1.25. The highest BCUT2D eigenvalue weighted by Gasteiger charge is 2.11. The highest BCUT2D eigenvalue weighted by Crippen LogP contribution is 2.27. The Bertz CT molecular complexity index is 1350. The van der Waals surface area contributed by atoms with Crippen molar-refractivity contribution in [2.45, 2.75) is 6.92 Å². The summed E-state index contributed by atoms with van der Waals surface area (Å²) in [5, 5.41) is 18.4. The first-order valence-electron chi connectivity index (χ1n) is 9.37. The van der Waals surface area contributed by atoms with E-state index in [0.29, 0.717) is 11.4 Å². The van der Waals surface area contributed by atoms with Crippen LogP contribution in [0.25, 0.3) is 26.3 Å². The van der Waals surface area contributed by atoms with E-state index >= 15 is 0 Å². The first-order chi connectivity index (χ1) is 14.7. The third-order valence-electron chi connectivity index (χ3n) is 4.67. The van der Waals surface area contributed by atoms with E-state index < -0.39 is 0 Å². The summed E-state index contributed by atoms with van der Waals surface area (Å²) >= 11 is 1.47.